The molecular weight excluding hydrogens is 439 g/mol. The zero-order chi connectivity index (χ0) is 22.6. The lowest BCUT2D eigenvalue weighted by molar-refractivity contribution is -0.384. The fourth-order valence-corrected chi connectivity index (χ4v) is 4.28. The molecule has 0 saturated heterocycles. The van der Waals surface area contributed by atoms with Crippen molar-refractivity contribution < 1.29 is 31.3 Å². The molecule has 0 saturated carbocycles. The van der Waals surface area contributed by atoms with E-state index < -0.39 is 26.7 Å². The maximum absolute atomic E-state index is 12.7. The maximum atomic E-state index is 12.7. The summed E-state index contributed by atoms with van der Waals surface area (Å²) in [5, 5.41) is 10.7. The van der Waals surface area contributed by atoms with Crippen LogP contribution in [0.5, 0.6) is 0 Å². The molecule has 1 heterocycles. The zero-order valence-corrected chi connectivity index (χ0v) is 16.8. The molecule has 3 rings (SSSR count). The third-order valence-corrected chi connectivity index (χ3v) is 6.43. The molecule has 0 bridgehead atoms. The van der Waals surface area contributed by atoms with Crippen LogP contribution in [0.1, 0.15) is 17.5 Å². The molecule has 0 radical (unpaired) electrons. The number of nitrogens with one attached hydrogen (secondary N) is 1. The van der Waals surface area contributed by atoms with E-state index in [1.54, 1.807) is 6.08 Å². The minimum atomic E-state index is -4.44. The second kappa shape index (κ2) is 9.04. The van der Waals surface area contributed by atoms with Crippen molar-refractivity contribution in [1.29, 1.82) is 0 Å². The molecule has 8 nitrogen and oxygen atoms in total. The van der Waals surface area contributed by atoms with Crippen LogP contribution in [-0.2, 0) is 27.6 Å². The summed E-state index contributed by atoms with van der Waals surface area (Å²) in [6.07, 6.45) is -2.54. The van der Waals surface area contributed by atoms with Crippen molar-refractivity contribution in [1.82, 2.24) is 9.79 Å². The molecule has 0 aromatic heterocycles. The van der Waals surface area contributed by atoms with Gasteiger partial charge < -0.3 is 0 Å². The molecule has 0 spiro atoms. The maximum Gasteiger partial charge on any atom is 0.416 e. The molecule has 1 N–H and O–H groups in total. The monoisotopic (exact) mass is 457 g/mol. The quantitative estimate of drug-likeness (QED) is 0.504. The summed E-state index contributed by atoms with van der Waals surface area (Å²) in [4.78, 5) is 15.3. The predicted octanol–water partition coefficient (Wildman–Crippen LogP) is 3.61. The van der Waals surface area contributed by atoms with Crippen LogP contribution in [-0.4, -0.2) is 30.7 Å². The largest absolute Gasteiger partial charge is 0.416 e. The van der Waals surface area contributed by atoms with Crippen molar-refractivity contribution in [3.05, 3.63) is 81.5 Å². The minimum absolute atomic E-state index is 0.0502. The third-order valence-electron chi connectivity index (χ3n) is 4.55. The fourth-order valence-electron chi connectivity index (χ4n) is 2.90. The van der Waals surface area contributed by atoms with Gasteiger partial charge in [-0.15, -0.1) is 0 Å². The van der Waals surface area contributed by atoms with Crippen molar-refractivity contribution in [3.8, 4) is 0 Å². The van der Waals surface area contributed by atoms with Crippen molar-refractivity contribution in [3.63, 3.8) is 0 Å². The summed E-state index contributed by atoms with van der Waals surface area (Å²) in [6.45, 7) is 0.0890. The van der Waals surface area contributed by atoms with Crippen molar-refractivity contribution in [2.75, 3.05) is 13.1 Å². The Kier molecular flexibility index (Phi) is 6.62. The molecule has 2 aromatic carbocycles. The highest BCUT2D eigenvalue weighted by molar-refractivity contribution is 7.89. The van der Waals surface area contributed by atoms with Gasteiger partial charge in [-0.3, -0.25) is 20.4 Å². The summed E-state index contributed by atoms with van der Waals surface area (Å²) < 4.78 is 64.8. The number of nitrogens with zero attached hydrogens (tertiary/aromatic N) is 2. The molecule has 0 unspecified atom stereocenters. The molecule has 12 heteroatoms. The highest BCUT2D eigenvalue weighted by Gasteiger charge is 2.30. The van der Waals surface area contributed by atoms with Crippen LogP contribution in [0.2, 0.25) is 0 Å². The molecule has 31 heavy (non-hydrogen) atoms. The zero-order valence-electron chi connectivity index (χ0n) is 16.0. The van der Waals surface area contributed by atoms with Crippen LogP contribution >= 0.6 is 0 Å². The van der Waals surface area contributed by atoms with Gasteiger partial charge in [-0.05, 0) is 35.9 Å². The lowest BCUT2D eigenvalue weighted by Crippen LogP contribution is -2.36. The van der Waals surface area contributed by atoms with Crippen LogP contribution < -0.4 is 5.48 Å². The second-order valence-electron chi connectivity index (χ2n) is 6.68. The summed E-state index contributed by atoms with van der Waals surface area (Å²) in [7, 11) is -3.82. The molecule has 2 aromatic rings. The number of alkyl halides is 3. The molecule has 1 aliphatic rings. The van der Waals surface area contributed by atoms with Gasteiger partial charge in [0.05, 0.1) is 22.0 Å². The van der Waals surface area contributed by atoms with Crippen LogP contribution in [0.4, 0.5) is 18.9 Å². The van der Waals surface area contributed by atoms with Gasteiger partial charge in [0.15, 0.2) is 0 Å². The Hall–Kier alpha value is -2.96. The van der Waals surface area contributed by atoms with Gasteiger partial charge in [0, 0.05) is 37.3 Å². The Morgan fingerprint density at radius 2 is 1.87 bits per heavy atom. The van der Waals surface area contributed by atoms with E-state index in [0.29, 0.717) is 17.7 Å². The molecule has 1 aliphatic heterocycles. The van der Waals surface area contributed by atoms with Gasteiger partial charge in [0.1, 0.15) is 0 Å². The standard InChI is InChI=1S/C19H18F3N3O5S/c20-19(21,22)15-3-1-2-14(12-15)13-30-23-16-8-10-24(11-9-16)31(28,29)18-6-4-17(5-7-18)25(26)27/h1-8,12,23H,9-11,13H2. The average molecular weight is 457 g/mol. The van der Waals surface area contributed by atoms with Crippen LogP contribution in [0, 0.1) is 10.1 Å². The summed E-state index contributed by atoms with van der Waals surface area (Å²) in [6, 6.07) is 9.39. The first-order valence-corrected chi connectivity index (χ1v) is 10.5. The lowest BCUT2D eigenvalue weighted by Gasteiger charge is -2.26. The first-order chi connectivity index (χ1) is 14.6. The first-order valence-electron chi connectivity index (χ1n) is 9.05. The molecule has 0 atom stereocenters. The number of halogens is 3. The van der Waals surface area contributed by atoms with E-state index in [9.17, 15) is 31.7 Å². The van der Waals surface area contributed by atoms with Gasteiger partial charge in [-0.1, -0.05) is 12.1 Å². The van der Waals surface area contributed by atoms with Crippen LogP contribution in [0.25, 0.3) is 0 Å². The van der Waals surface area contributed by atoms with Crippen LogP contribution in [0.3, 0.4) is 0 Å². The summed E-state index contributed by atoms with van der Waals surface area (Å²) >= 11 is 0. The molecule has 0 amide bonds. The van der Waals surface area contributed by atoms with E-state index in [2.05, 4.69) is 5.48 Å². The molecule has 166 valence electrons. The smallest absolute Gasteiger partial charge is 0.272 e. The number of non-ortho nitro benzene ring substituents is 1. The van der Waals surface area contributed by atoms with Crippen molar-refractivity contribution >= 4 is 15.7 Å². The van der Waals surface area contributed by atoms with Crippen LogP contribution in [0.15, 0.2) is 65.2 Å². The van der Waals surface area contributed by atoms with E-state index in [0.717, 1.165) is 24.3 Å². The van der Waals surface area contributed by atoms with Crippen molar-refractivity contribution in [2.45, 2.75) is 24.1 Å². The lowest BCUT2D eigenvalue weighted by atomic mass is 10.1. The Morgan fingerprint density at radius 1 is 1.16 bits per heavy atom. The van der Waals surface area contributed by atoms with E-state index >= 15 is 0 Å². The predicted molar refractivity (Wildman–Crippen MR) is 104 cm³/mol. The van der Waals surface area contributed by atoms with E-state index in [1.165, 1.54) is 28.6 Å². The minimum Gasteiger partial charge on any atom is -0.272 e. The normalized spacial score (nSPS) is 15.4. The van der Waals surface area contributed by atoms with Gasteiger partial charge >= 0.3 is 6.18 Å². The molecular formula is C19H18F3N3O5S. The average Bonchev–Trinajstić information content (AvgIpc) is 2.74. The number of hydrogen-bond acceptors (Lipinski definition) is 6. The third kappa shape index (κ3) is 5.60. The van der Waals surface area contributed by atoms with Gasteiger partial charge in [-0.2, -0.15) is 17.5 Å². The number of benzene rings is 2. The summed E-state index contributed by atoms with van der Waals surface area (Å²) in [5.41, 5.74) is 2.60. The highest BCUT2D eigenvalue weighted by Crippen LogP contribution is 2.29. The second-order valence-corrected chi connectivity index (χ2v) is 8.62. The Morgan fingerprint density at radius 3 is 2.45 bits per heavy atom. The van der Waals surface area contributed by atoms with E-state index in [-0.39, 0.29) is 30.3 Å². The number of sulfonamides is 1. The summed E-state index contributed by atoms with van der Waals surface area (Å²) in [5.74, 6) is 0. The van der Waals surface area contributed by atoms with Gasteiger partial charge in [0.2, 0.25) is 10.0 Å². The molecule has 0 fully saturated rings. The Labute approximate surface area is 176 Å². The number of hydrogen-bond donors (Lipinski definition) is 1. The topological polar surface area (TPSA) is 102 Å². The number of nitro benzene ring substituents is 1. The number of nitro groups is 1. The first kappa shape index (κ1) is 22.7. The van der Waals surface area contributed by atoms with E-state index in [1.807, 2.05) is 0 Å². The van der Waals surface area contributed by atoms with E-state index in [4.69, 9.17) is 4.84 Å². The van der Waals surface area contributed by atoms with Gasteiger partial charge in [-0.25, -0.2) is 8.42 Å². The Balaban J connectivity index is 1.56. The van der Waals surface area contributed by atoms with Crippen molar-refractivity contribution in [2.24, 2.45) is 0 Å². The highest BCUT2D eigenvalue weighted by atomic mass is 32.2. The SMILES string of the molecule is O=[N+]([O-])c1ccc(S(=O)(=O)N2CC=C(NOCc3cccc(C(F)(F)F)c3)CC2)cc1. The number of hydroxylamine groups is 1. The van der Waals surface area contributed by atoms with Gasteiger partial charge in [0.25, 0.3) is 5.69 Å². The number of rotatable bonds is 7. The molecule has 0 aliphatic carbocycles. The fraction of sp³-hybridized carbons (Fsp3) is 0.263. The Bertz CT molecular complexity index is 1090.